The van der Waals surface area contributed by atoms with Gasteiger partial charge in [0.05, 0.1) is 0 Å². The Labute approximate surface area is 183 Å². The van der Waals surface area contributed by atoms with E-state index in [-0.39, 0.29) is 43.0 Å². The van der Waals surface area contributed by atoms with Crippen LogP contribution in [0.3, 0.4) is 0 Å². The predicted molar refractivity (Wildman–Crippen MR) is 117 cm³/mol. The topological polar surface area (TPSA) is 65.0 Å². The van der Waals surface area contributed by atoms with Crippen LogP contribution in [0, 0.1) is 5.92 Å². The van der Waals surface area contributed by atoms with Gasteiger partial charge in [0.2, 0.25) is 0 Å². The van der Waals surface area contributed by atoms with E-state index >= 15 is 0 Å². The Hall–Kier alpha value is -0.560. The summed E-state index contributed by atoms with van der Waals surface area (Å²) in [5.41, 5.74) is -5.23. The second-order valence-corrected chi connectivity index (χ2v) is 8.71. The van der Waals surface area contributed by atoms with Crippen LogP contribution in [0.5, 0.6) is 0 Å². The Morgan fingerprint density at radius 3 is 2.39 bits per heavy atom. The van der Waals surface area contributed by atoms with E-state index in [2.05, 4.69) is 16.9 Å². The van der Waals surface area contributed by atoms with Crippen LogP contribution in [0.2, 0.25) is 0 Å². The average Bonchev–Trinajstić information content (AvgIpc) is 2.61. The lowest BCUT2D eigenvalue weighted by Gasteiger charge is -2.32. The number of allylic oxidation sites excluding steroid dienone is 1. The Morgan fingerprint density at radius 2 is 1.89 bits per heavy atom. The van der Waals surface area contributed by atoms with Gasteiger partial charge in [-0.25, -0.2) is 8.42 Å². The molecule has 0 spiro atoms. The smallest absolute Gasteiger partial charge is 0.356 e. The first-order valence-electron chi connectivity index (χ1n) is 9.22. The number of guanidine groups is 1. The molecule has 1 fully saturated rings. The van der Waals surface area contributed by atoms with Crippen molar-refractivity contribution < 1.29 is 21.6 Å². The van der Waals surface area contributed by atoms with Crippen molar-refractivity contribution in [2.75, 3.05) is 40.3 Å². The summed E-state index contributed by atoms with van der Waals surface area (Å²) in [5.74, 6) is 0.853. The van der Waals surface area contributed by atoms with Crippen LogP contribution in [-0.2, 0) is 10.0 Å². The molecule has 0 bridgehead atoms. The third kappa shape index (κ3) is 8.44. The molecule has 0 amide bonds. The van der Waals surface area contributed by atoms with Gasteiger partial charge < -0.3 is 10.2 Å². The number of sulfonamides is 1. The minimum Gasteiger partial charge on any atom is -0.356 e. The Balaban J connectivity index is 0.00000729. The number of halogens is 4. The van der Waals surface area contributed by atoms with Gasteiger partial charge in [0.25, 0.3) is 0 Å². The fraction of sp³-hybridized carbons (Fsp3) is 0.824. The van der Waals surface area contributed by atoms with E-state index in [4.69, 9.17) is 0 Å². The molecule has 0 aliphatic carbocycles. The summed E-state index contributed by atoms with van der Waals surface area (Å²) in [7, 11) is -1.58. The molecule has 0 unspecified atom stereocenters. The van der Waals surface area contributed by atoms with Crippen molar-refractivity contribution in [3.8, 4) is 0 Å². The molecule has 0 saturated carbocycles. The fourth-order valence-electron chi connectivity index (χ4n) is 3.04. The van der Waals surface area contributed by atoms with Gasteiger partial charge in [0.15, 0.2) is 5.96 Å². The fourth-order valence-corrected chi connectivity index (χ4v) is 4.03. The number of piperidine rings is 1. The van der Waals surface area contributed by atoms with Crippen LogP contribution in [0.1, 0.15) is 38.5 Å². The summed E-state index contributed by atoms with van der Waals surface area (Å²) in [4.78, 5) is 6.26. The van der Waals surface area contributed by atoms with Gasteiger partial charge in [-0.3, -0.25) is 4.99 Å². The third-order valence-electron chi connectivity index (χ3n) is 4.73. The summed E-state index contributed by atoms with van der Waals surface area (Å²) in [5, 5.41) is 3.24. The summed E-state index contributed by atoms with van der Waals surface area (Å²) in [6.45, 7) is 4.91. The van der Waals surface area contributed by atoms with Gasteiger partial charge in [-0.05, 0) is 38.0 Å². The molecular weight excluding hydrogens is 508 g/mol. The zero-order valence-corrected chi connectivity index (χ0v) is 19.7. The van der Waals surface area contributed by atoms with Gasteiger partial charge in [0, 0.05) is 40.3 Å². The van der Waals surface area contributed by atoms with E-state index in [1.807, 2.05) is 18.0 Å². The number of hydrogen-bond acceptors (Lipinski definition) is 3. The molecule has 1 N–H and O–H groups in total. The van der Waals surface area contributed by atoms with Gasteiger partial charge in [-0.2, -0.15) is 17.5 Å². The van der Waals surface area contributed by atoms with E-state index in [0.29, 0.717) is 23.7 Å². The van der Waals surface area contributed by atoms with Crippen LogP contribution in [0.15, 0.2) is 17.6 Å². The number of alkyl halides is 3. The molecule has 28 heavy (non-hydrogen) atoms. The van der Waals surface area contributed by atoms with Crippen LogP contribution in [0.4, 0.5) is 13.2 Å². The second kappa shape index (κ2) is 12.9. The second-order valence-electron chi connectivity index (χ2n) is 6.78. The van der Waals surface area contributed by atoms with Gasteiger partial charge in [-0.1, -0.05) is 12.5 Å². The summed E-state index contributed by atoms with van der Waals surface area (Å²) in [6, 6.07) is 0. The molecule has 166 valence electrons. The molecule has 0 atom stereocenters. The van der Waals surface area contributed by atoms with Crippen molar-refractivity contribution in [1.29, 1.82) is 0 Å². The molecule has 1 rings (SSSR count). The summed E-state index contributed by atoms with van der Waals surface area (Å²) in [6.07, 6.45) is 6.98. The zero-order chi connectivity index (χ0) is 20.5. The largest absolute Gasteiger partial charge is 0.511 e. The van der Waals surface area contributed by atoms with Crippen LogP contribution >= 0.6 is 24.0 Å². The molecule has 0 aromatic rings. The van der Waals surface area contributed by atoms with Gasteiger partial charge >= 0.3 is 15.5 Å². The highest BCUT2D eigenvalue weighted by Gasteiger charge is 2.50. The zero-order valence-electron chi connectivity index (χ0n) is 16.5. The lowest BCUT2D eigenvalue weighted by atomic mass is 9.98. The van der Waals surface area contributed by atoms with Crippen molar-refractivity contribution in [3.63, 3.8) is 0 Å². The number of unbranched alkanes of at least 4 members (excludes halogenated alkanes) is 3. The van der Waals surface area contributed by atoms with Crippen molar-refractivity contribution in [2.24, 2.45) is 10.9 Å². The first-order valence-corrected chi connectivity index (χ1v) is 10.7. The van der Waals surface area contributed by atoms with E-state index in [9.17, 15) is 21.6 Å². The maximum absolute atomic E-state index is 12.6. The minimum absolute atomic E-state index is 0. The van der Waals surface area contributed by atoms with Crippen molar-refractivity contribution in [2.45, 2.75) is 44.0 Å². The summed E-state index contributed by atoms with van der Waals surface area (Å²) < 4.78 is 61.2. The molecule has 0 aromatic heterocycles. The SMILES string of the molecule is C=CCCCCCN(C)C(=NC)NCC1CCN(S(=O)(=O)C(F)(F)F)CC1.I. The molecule has 0 aromatic carbocycles. The number of hydrogen-bond donors (Lipinski definition) is 1. The molecule has 11 heteroatoms. The van der Waals surface area contributed by atoms with Gasteiger partial charge in [0.1, 0.15) is 0 Å². The predicted octanol–water partition coefficient (Wildman–Crippen LogP) is 3.42. The monoisotopic (exact) mass is 540 g/mol. The molecule has 6 nitrogen and oxygen atoms in total. The Bertz CT molecular complexity index is 592. The van der Waals surface area contributed by atoms with E-state index in [1.165, 1.54) is 0 Å². The highest BCUT2D eigenvalue weighted by Crippen LogP contribution is 2.30. The molecular formula is C17H32F3IN4O2S. The van der Waals surface area contributed by atoms with E-state index in [1.54, 1.807) is 7.05 Å². The average molecular weight is 540 g/mol. The highest BCUT2D eigenvalue weighted by molar-refractivity contribution is 14.0. The molecule has 1 heterocycles. The van der Waals surface area contributed by atoms with Crippen LogP contribution in [0.25, 0.3) is 0 Å². The van der Waals surface area contributed by atoms with E-state index < -0.39 is 15.5 Å². The third-order valence-corrected chi connectivity index (χ3v) is 6.36. The lowest BCUT2D eigenvalue weighted by Crippen LogP contribution is -2.47. The molecule has 0 radical (unpaired) electrons. The van der Waals surface area contributed by atoms with Crippen molar-refractivity contribution in [3.05, 3.63) is 12.7 Å². The van der Waals surface area contributed by atoms with Crippen LogP contribution in [-0.4, -0.2) is 69.4 Å². The maximum atomic E-state index is 12.6. The molecule has 1 aliphatic heterocycles. The first kappa shape index (κ1) is 27.4. The number of nitrogens with one attached hydrogen (secondary N) is 1. The number of rotatable bonds is 9. The normalized spacial score (nSPS) is 17.1. The molecule has 1 saturated heterocycles. The summed E-state index contributed by atoms with van der Waals surface area (Å²) >= 11 is 0. The Kier molecular flexibility index (Phi) is 12.6. The highest BCUT2D eigenvalue weighted by atomic mass is 127. The van der Waals surface area contributed by atoms with E-state index in [0.717, 1.165) is 38.2 Å². The number of nitrogens with zero attached hydrogens (tertiary/aromatic N) is 3. The van der Waals surface area contributed by atoms with Crippen molar-refractivity contribution >= 4 is 40.0 Å². The van der Waals surface area contributed by atoms with Crippen LogP contribution < -0.4 is 5.32 Å². The standard InChI is InChI=1S/C17H31F3N4O2S.HI/c1-4-5-6-7-8-11-23(3)16(21-2)22-14-15-9-12-24(13-10-15)27(25,26)17(18,19)20;/h4,15H,1,5-14H2,2-3H3,(H,21,22);1H. The minimum atomic E-state index is -5.23. The molecule has 1 aliphatic rings. The lowest BCUT2D eigenvalue weighted by molar-refractivity contribution is -0.0496. The number of aliphatic imine (C=N–C) groups is 1. The quantitative estimate of drug-likeness (QED) is 0.160. The van der Waals surface area contributed by atoms with Gasteiger partial charge in [-0.15, -0.1) is 30.6 Å². The Morgan fingerprint density at radius 1 is 1.29 bits per heavy atom. The first-order chi connectivity index (χ1) is 12.6. The van der Waals surface area contributed by atoms with Crippen molar-refractivity contribution in [1.82, 2.24) is 14.5 Å². The maximum Gasteiger partial charge on any atom is 0.511 e.